The van der Waals surface area contributed by atoms with Crippen LogP contribution in [0.3, 0.4) is 0 Å². The van der Waals surface area contributed by atoms with E-state index < -0.39 is 0 Å². The Hall–Kier alpha value is -0.0800. The zero-order valence-corrected chi connectivity index (χ0v) is 17.7. The number of piperidine rings is 1. The van der Waals surface area contributed by atoms with Gasteiger partial charge in [-0.05, 0) is 133 Å². The van der Waals surface area contributed by atoms with Crippen LogP contribution in [0.25, 0.3) is 0 Å². The molecule has 7 atom stereocenters. The van der Waals surface area contributed by atoms with E-state index in [4.69, 9.17) is 0 Å². The standard InChI is InChI=1S/C24H42N2/c1-23-12-10-19(26-15-4-5-16-26)17-18(23)8-9-20-21(23)11-13-24(2)22(20)7-6-14-25(24)3/h18-22H,4-17H2,1-3H3/t18-,19-,20+,21-,22-,23+,24-/m0/s1. The van der Waals surface area contributed by atoms with Gasteiger partial charge in [-0.3, -0.25) is 0 Å². The number of nitrogens with zero attached hydrogens (tertiary/aromatic N) is 2. The molecule has 2 heterocycles. The van der Waals surface area contributed by atoms with Gasteiger partial charge in [0.05, 0.1) is 0 Å². The Bertz CT molecular complexity index is 526. The average Bonchev–Trinajstić information content (AvgIpc) is 3.16. The van der Waals surface area contributed by atoms with Gasteiger partial charge < -0.3 is 9.80 Å². The molecule has 5 fully saturated rings. The lowest BCUT2D eigenvalue weighted by Gasteiger charge is -2.64. The summed E-state index contributed by atoms with van der Waals surface area (Å²) in [6, 6.07) is 0.932. The van der Waals surface area contributed by atoms with Crippen molar-refractivity contribution in [3.63, 3.8) is 0 Å². The van der Waals surface area contributed by atoms with Crippen LogP contribution in [-0.4, -0.2) is 48.1 Å². The van der Waals surface area contributed by atoms with E-state index in [2.05, 4.69) is 30.7 Å². The van der Waals surface area contributed by atoms with Crippen LogP contribution in [0.15, 0.2) is 0 Å². The zero-order valence-electron chi connectivity index (χ0n) is 17.7. The Morgan fingerprint density at radius 2 is 1.58 bits per heavy atom. The highest BCUT2D eigenvalue weighted by molar-refractivity contribution is 5.10. The number of fused-ring (bicyclic) bond motifs is 5. The van der Waals surface area contributed by atoms with Gasteiger partial charge >= 0.3 is 0 Å². The second kappa shape index (κ2) is 6.48. The van der Waals surface area contributed by atoms with Gasteiger partial charge in [0.2, 0.25) is 0 Å². The van der Waals surface area contributed by atoms with Gasteiger partial charge in [0.25, 0.3) is 0 Å². The molecule has 0 aromatic rings. The van der Waals surface area contributed by atoms with Crippen molar-refractivity contribution in [2.75, 3.05) is 26.7 Å². The molecule has 0 radical (unpaired) electrons. The van der Waals surface area contributed by atoms with Crippen LogP contribution in [0.5, 0.6) is 0 Å². The minimum Gasteiger partial charge on any atom is -0.301 e. The van der Waals surface area contributed by atoms with Gasteiger partial charge in [-0.1, -0.05) is 6.92 Å². The summed E-state index contributed by atoms with van der Waals surface area (Å²) in [4.78, 5) is 5.61. The van der Waals surface area contributed by atoms with E-state index in [9.17, 15) is 0 Å². The van der Waals surface area contributed by atoms with Gasteiger partial charge in [-0.25, -0.2) is 0 Å². The van der Waals surface area contributed by atoms with E-state index in [0.29, 0.717) is 11.0 Å². The van der Waals surface area contributed by atoms with Crippen LogP contribution >= 0.6 is 0 Å². The molecule has 5 aliphatic rings. The molecule has 0 aromatic heterocycles. The lowest BCUT2D eigenvalue weighted by molar-refractivity contribution is -0.140. The van der Waals surface area contributed by atoms with Crippen LogP contribution in [0.1, 0.15) is 84.5 Å². The molecule has 2 heteroatoms. The lowest BCUT2D eigenvalue weighted by atomic mass is 9.45. The number of hydrogen-bond acceptors (Lipinski definition) is 2. The van der Waals surface area contributed by atoms with Crippen molar-refractivity contribution in [1.29, 1.82) is 0 Å². The first-order valence-electron chi connectivity index (χ1n) is 12.0. The van der Waals surface area contributed by atoms with Crippen molar-refractivity contribution in [3.05, 3.63) is 0 Å². The van der Waals surface area contributed by atoms with Crippen molar-refractivity contribution in [3.8, 4) is 0 Å². The number of hydrogen-bond donors (Lipinski definition) is 0. The smallest absolute Gasteiger partial charge is 0.0209 e. The molecule has 2 saturated heterocycles. The molecule has 3 aliphatic carbocycles. The van der Waals surface area contributed by atoms with Crippen molar-refractivity contribution < 1.29 is 0 Å². The van der Waals surface area contributed by atoms with Crippen molar-refractivity contribution in [2.45, 2.75) is 96.1 Å². The summed E-state index contributed by atoms with van der Waals surface area (Å²) in [5.41, 5.74) is 1.17. The molecule has 0 N–H and O–H groups in total. The van der Waals surface area contributed by atoms with Gasteiger partial charge in [-0.15, -0.1) is 0 Å². The summed E-state index contributed by atoms with van der Waals surface area (Å²) >= 11 is 0. The summed E-state index contributed by atoms with van der Waals surface area (Å²) in [5.74, 6) is 4.06. The normalized spacial score (nSPS) is 53.0. The van der Waals surface area contributed by atoms with E-state index in [1.54, 1.807) is 6.42 Å². The molecule has 0 spiro atoms. The first-order chi connectivity index (χ1) is 12.5. The van der Waals surface area contributed by atoms with Gasteiger partial charge in [0.15, 0.2) is 0 Å². The second-order valence-electron chi connectivity index (χ2n) is 11.3. The third-order valence-electron chi connectivity index (χ3n) is 10.5. The van der Waals surface area contributed by atoms with Crippen LogP contribution in [-0.2, 0) is 0 Å². The maximum Gasteiger partial charge on any atom is 0.0209 e. The first-order valence-corrected chi connectivity index (χ1v) is 12.0. The molecule has 0 unspecified atom stereocenters. The quantitative estimate of drug-likeness (QED) is 0.637. The molecule has 5 rings (SSSR count). The van der Waals surface area contributed by atoms with Crippen LogP contribution < -0.4 is 0 Å². The van der Waals surface area contributed by atoms with E-state index in [1.807, 2.05) is 0 Å². The topological polar surface area (TPSA) is 6.48 Å². The minimum absolute atomic E-state index is 0.509. The molecule has 0 bridgehead atoms. The Labute approximate surface area is 162 Å². The maximum absolute atomic E-state index is 2.86. The predicted molar refractivity (Wildman–Crippen MR) is 109 cm³/mol. The van der Waals surface area contributed by atoms with E-state index in [-0.39, 0.29) is 0 Å². The highest BCUT2D eigenvalue weighted by atomic mass is 15.2. The molecule has 3 saturated carbocycles. The van der Waals surface area contributed by atoms with Crippen LogP contribution in [0.4, 0.5) is 0 Å². The minimum atomic E-state index is 0.509. The highest BCUT2D eigenvalue weighted by Crippen LogP contribution is 2.63. The number of rotatable bonds is 1. The first kappa shape index (κ1) is 18.0. The third kappa shape index (κ3) is 2.57. The largest absolute Gasteiger partial charge is 0.301 e. The Kier molecular flexibility index (Phi) is 4.48. The second-order valence-corrected chi connectivity index (χ2v) is 11.3. The van der Waals surface area contributed by atoms with Crippen molar-refractivity contribution in [1.82, 2.24) is 9.80 Å². The van der Waals surface area contributed by atoms with Crippen LogP contribution in [0.2, 0.25) is 0 Å². The highest BCUT2D eigenvalue weighted by Gasteiger charge is 2.58. The Balaban J connectivity index is 1.35. The molecular formula is C24H42N2. The van der Waals surface area contributed by atoms with Gasteiger partial charge in [0.1, 0.15) is 0 Å². The lowest BCUT2D eigenvalue weighted by Crippen LogP contribution is -2.63. The van der Waals surface area contributed by atoms with Crippen molar-refractivity contribution >= 4 is 0 Å². The monoisotopic (exact) mass is 358 g/mol. The van der Waals surface area contributed by atoms with E-state index in [0.717, 1.165) is 29.7 Å². The molecular weight excluding hydrogens is 316 g/mol. The number of likely N-dealkylation sites (tertiary alicyclic amines) is 2. The molecule has 0 aromatic carbocycles. The molecule has 2 aliphatic heterocycles. The van der Waals surface area contributed by atoms with Crippen LogP contribution in [0, 0.1) is 29.1 Å². The summed E-state index contributed by atoms with van der Waals surface area (Å²) in [5, 5.41) is 0. The SMILES string of the molecule is CN1CCC[C@H]2[C@@H]3CC[C@H]4C[C@@H](N5CCCC5)CC[C@@]4(C)[C@H]3CC[C@@]21C. The fourth-order valence-electron chi connectivity index (χ4n) is 8.78. The molecule has 148 valence electrons. The third-order valence-corrected chi connectivity index (χ3v) is 10.5. The molecule has 0 amide bonds. The Morgan fingerprint density at radius 3 is 2.38 bits per heavy atom. The predicted octanol–water partition coefficient (Wildman–Crippen LogP) is 5.18. The summed E-state index contributed by atoms with van der Waals surface area (Å²) in [6.45, 7) is 9.48. The maximum atomic E-state index is 2.86. The summed E-state index contributed by atoms with van der Waals surface area (Å²) in [6.07, 6.45) is 16.5. The molecule has 26 heavy (non-hydrogen) atoms. The average molecular weight is 359 g/mol. The Morgan fingerprint density at radius 1 is 0.769 bits per heavy atom. The zero-order chi connectivity index (χ0) is 17.9. The van der Waals surface area contributed by atoms with Gasteiger partial charge in [0, 0.05) is 11.6 Å². The fourth-order valence-corrected chi connectivity index (χ4v) is 8.78. The van der Waals surface area contributed by atoms with Gasteiger partial charge in [-0.2, -0.15) is 0 Å². The molecule has 2 nitrogen and oxygen atoms in total. The van der Waals surface area contributed by atoms with E-state index >= 15 is 0 Å². The summed E-state index contributed by atoms with van der Waals surface area (Å²) in [7, 11) is 2.42. The van der Waals surface area contributed by atoms with E-state index in [1.165, 1.54) is 83.8 Å². The van der Waals surface area contributed by atoms with Crippen molar-refractivity contribution in [2.24, 2.45) is 29.1 Å². The summed E-state index contributed by atoms with van der Waals surface area (Å²) < 4.78 is 0. The fraction of sp³-hybridized carbons (Fsp3) is 1.00.